The van der Waals surface area contributed by atoms with Gasteiger partial charge in [-0.2, -0.15) is 0 Å². The van der Waals surface area contributed by atoms with Crippen LogP contribution in [-0.2, 0) is 11.2 Å². The molecule has 0 saturated heterocycles. The topological polar surface area (TPSA) is 59.3 Å². The van der Waals surface area contributed by atoms with Crippen LogP contribution in [0, 0.1) is 6.92 Å². The number of hydrogen-bond donors (Lipinski definition) is 1. The SMILES string of the molecule is Cc1c(-c2cccc(NC(=O)Cc3cccc4ccccc34)c2)nc2ncccn12. The van der Waals surface area contributed by atoms with E-state index in [1.54, 1.807) is 6.20 Å². The monoisotopic (exact) mass is 392 g/mol. The van der Waals surface area contributed by atoms with Gasteiger partial charge in [0.2, 0.25) is 11.7 Å². The summed E-state index contributed by atoms with van der Waals surface area (Å²) in [6.45, 7) is 2.02. The second kappa shape index (κ2) is 7.44. The number of carbonyl (C=O) groups excluding carboxylic acids is 1. The minimum Gasteiger partial charge on any atom is -0.326 e. The largest absolute Gasteiger partial charge is 0.326 e. The molecule has 1 N–H and O–H groups in total. The molecule has 2 heterocycles. The second-order valence-corrected chi connectivity index (χ2v) is 7.28. The van der Waals surface area contributed by atoms with Crippen LogP contribution < -0.4 is 5.32 Å². The van der Waals surface area contributed by atoms with E-state index in [1.807, 2.05) is 72.1 Å². The predicted octanol–water partition coefficient (Wildman–Crippen LogP) is 5.04. The van der Waals surface area contributed by atoms with Gasteiger partial charge >= 0.3 is 0 Å². The van der Waals surface area contributed by atoms with E-state index in [0.29, 0.717) is 12.2 Å². The zero-order chi connectivity index (χ0) is 20.5. The summed E-state index contributed by atoms with van der Waals surface area (Å²) >= 11 is 0. The molecule has 0 spiro atoms. The minimum absolute atomic E-state index is 0.0445. The summed E-state index contributed by atoms with van der Waals surface area (Å²) in [5.41, 5.74) is 4.59. The number of imidazole rings is 1. The van der Waals surface area contributed by atoms with E-state index in [4.69, 9.17) is 0 Å². The molecule has 0 aliphatic heterocycles. The third-order valence-corrected chi connectivity index (χ3v) is 5.29. The Bertz CT molecular complexity index is 1380. The molecule has 146 valence electrons. The van der Waals surface area contributed by atoms with E-state index < -0.39 is 0 Å². The van der Waals surface area contributed by atoms with Crippen LogP contribution in [0.5, 0.6) is 0 Å². The number of nitrogens with zero attached hydrogens (tertiary/aromatic N) is 3. The average Bonchev–Trinajstić information content (AvgIpc) is 3.11. The lowest BCUT2D eigenvalue weighted by atomic mass is 10.0. The van der Waals surface area contributed by atoms with Crippen LogP contribution >= 0.6 is 0 Å². The van der Waals surface area contributed by atoms with Crippen molar-refractivity contribution >= 4 is 28.1 Å². The van der Waals surface area contributed by atoms with Crippen molar-refractivity contribution in [2.24, 2.45) is 0 Å². The highest BCUT2D eigenvalue weighted by Gasteiger charge is 2.12. The maximum atomic E-state index is 12.7. The zero-order valence-corrected chi connectivity index (χ0v) is 16.5. The lowest BCUT2D eigenvalue weighted by Crippen LogP contribution is -2.14. The first-order chi connectivity index (χ1) is 14.7. The van der Waals surface area contributed by atoms with E-state index in [1.165, 1.54) is 0 Å². The number of anilines is 1. The van der Waals surface area contributed by atoms with Crippen LogP contribution in [0.2, 0.25) is 0 Å². The van der Waals surface area contributed by atoms with Crippen LogP contribution in [-0.4, -0.2) is 20.3 Å². The number of fused-ring (bicyclic) bond motifs is 2. The summed E-state index contributed by atoms with van der Waals surface area (Å²) in [7, 11) is 0. The fourth-order valence-electron chi connectivity index (χ4n) is 3.85. The van der Waals surface area contributed by atoms with E-state index >= 15 is 0 Å². The Hall–Kier alpha value is -3.99. The van der Waals surface area contributed by atoms with Gasteiger partial charge in [-0.15, -0.1) is 0 Å². The number of nitrogens with one attached hydrogen (secondary N) is 1. The van der Waals surface area contributed by atoms with Gasteiger partial charge in [0, 0.05) is 29.3 Å². The number of rotatable bonds is 4. The van der Waals surface area contributed by atoms with Gasteiger partial charge in [0.25, 0.3) is 0 Å². The molecular weight excluding hydrogens is 372 g/mol. The Kier molecular flexibility index (Phi) is 4.48. The number of carbonyl (C=O) groups is 1. The Morgan fingerprint density at radius 2 is 1.83 bits per heavy atom. The van der Waals surface area contributed by atoms with Gasteiger partial charge in [0.15, 0.2) is 0 Å². The first-order valence-corrected chi connectivity index (χ1v) is 9.86. The molecule has 0 fully saturated rings. The molecule has 0 bridgehead atoms. The van der Waals surface area contributed by atoms with Crippen molar-refractivity contribution in [1.82, 2.24) is 14.4 Å². The quantitative estimate of drug-likeness (QED) is 0.466. The zero-order valence-electron chi connectivity index (χ0n) is 16.5. The molecule has 5 rings (SSSR count). The predicted molar refractivity (Wildman–Crippen MR) is 119 cm³/mol. The Morgan fingerprint density at radius 1 is 1.00 bits per heavy atom. The molecule has 0 unspecified atom stereocenters. The van der Waals surface area contributed by atoms with Gasteiger partial charge < -0.3 is 5.32 Å². The molecule has 0 aliphatic carbocycles. The molecule has 0 atom stereocenters. The number of benzene rings is 3. The lowest BCUT2D eigenvalue weighted by Gasteiger charge is -2.09. The maximum Gasteiger partial charge on any atom is 0.234 e. The average molecular weight is 392 g/mol. The Labute approximate surface area is 174 Å². The summed E-state index contributed by atoms with van der Waals surface area (Å²) in [6, 6.07) is 23.8. The molecule has 5 aromatic rings. The van der Waals surface area contributed by atoms with Gasteiger partial charge in [-0.1, -0.05) is 54.6 Å². The Morgan fingerprint density at radius 3 is 2.73 bits per heavy atom. The van der Waals surface area contributed by atoms with Crippen molar-refractivity contribution in [3.05, 3.63) is 96.4 Å². The highest BCUT2D eigenvalue weighted by Crippen LogP contribution is 2.26. The van der Waals surface area contributed by atoms with Gasteiger partial charge in [0.05, 0.1) is 12.1 Å². The van der Waals surface area contributed by atoms with Crippen molar-refractivity contribution in [3.8, 4) is 11.3 Å². The molecule has 3 aromatic carbocycles. The first-order valence-electron chi connectivity index (χ1n) is 9.86. The summed E-state index contributed by atoms with van der Waals surface area (Å²) < 4.78 is 1.96. The summed E-state index contributed by atoms with van der Waals surface area (Å²) in [5.74, 6) is 0.618. The minimum atomic E-state index is -0.0445. The van der Waals surface area contributed by atoms with Crippen molar-refractivity contribution < 1.29 is 4.79 Å². The fraction of sp³-hybridized carbons (Fsp3) is 0.0800. The number of hydrogen-bond acceptors (Lipinski definition) is 3. The lowest BCUT2D eigenvalue weighted by molar-refractivity contribution is -0.115. The van der Waals surface area contributed by atoms with Crippen molar-refractivity contribution in [1.29, 1.82) is 0 Å². The second-order valence-electron chi connectivity index (χ2n) is 7.28. The standard InChI is InChI=1S/C25H20N4O/c1-17-24(28-25-26-13-6-14-29(17)25)20-10-5-11-21(15-20)27-23(30)16-19-9-4-8-18-7-2-3-12-22(18)19/h2-15H,16H2,1H3,(H,27,30). The molecule has 5 nitrogen and oxygen atoms in total. The van der Waals surface area contributed by atoms with Crippen LogP contribution in [0.25, 0.3) is 27.8 Å². The van der Waals surface area contributed by atoms with Gasteiger partial charge in [-0.25, -0.2) is 9.97 Å². The van der Waals surface area contributed by atoms with Crippen molar-refractivity contribution in [2.75, 3.05) is 5.32 Å². The van der Waals surface area contributed by atoms with Crippen LogP contribution in [0.4, 0.5) is 5.69 Å². The maximum absolute atomic E-state index is 12.7. The third kappa shape index (κ3) is 3.31. The molecule has 2 aromatic heterocycles. The number of aromatic nitrogens is 3. The molecule has 5 heteroatoms. The van der Waals surface area contributed by atoms with Crippen molar-refractivity contribution in [2.45, 2.75) is 13.3 Å². The van der Waals surface area contributed by atoms with Crippen LogP contribution in [0.15, 0.2) is 85.2 Å². The molecule has 30 heavy (non-hydrogen) atoms. The third-order valence-electron chi connectivity index (χ3n) is 5.29. The molecule has 0 radical (unpaired) electrons. The van der Waals surface area contributed by atoms with Crippen LogP contribution in [0.3, 0.4) is 0 Å². The highest BCUT2D eigenvalue weighted by atomic mass is 16.1. The van der Waals surface area contributed by atoms with Gasteiger partial charge in [0.1, 0.15) is 0 Å². The van der Waals surface area contributed by atoms with E-state index in [9.17, 15) is 4.79 Å². The fourth-order valence-corrected chi connectivity index (χ4v) is 3.85. The van der Waals surface area contributed by atoms with E-state index in [0.717, 1.165) is 39.0 Å². The molecule has 0 aliphatic rings. The van der Waals surface area contributed by atoms with E-state index in [2.05, 4.69) is 33.5 Å². The summed E-state index contributed by atoms with van der Waals surface area (Å²) in [6.07, 6.45) is 4.00. The van der Waals surface area contributed by atoms with Gasteiger partial charge in [-0.05, 0) is 41.5 Å². The molecular formula is C25H20N4O. The number of amides is 1. The van der Waals surface area contributed by atoms with Crippen molar-refractivity contribution in [3.63, 3.8) is 0 Å². The number of aryl methyl sites for hydroxylation is 1. The highest BCUT2D eigenvalue weighted by molar-refractivity contribution is 5.96. The summed E-state index contributed by atoms with van der Waals surface area (Å²) in [4.78, 5) is 21.7. The van der Waals surface area contributed by atoms with Crippen LogP contribution in [0.1, 0.15) is 11.3 Å². The van der Waals surface area contributed by atoms with E-state index in [-0.39, 0.29) is 5.91 Å². The normalized spacial score (nSPS) is 11.1. The summed E-state index contributed by atoms with van der Waals surface area (Å²) in [5, 5.41) is 5.28. The molecule has 1 amide bonds. The van der Waals surface area contributed by atoms with Gasteiger partial charge in [-0.3, -0.25) is 9.20 Å². The smallest absolute Gasteiger partial charge is 0.234 e. The first kappa shape index (κ1) is 18.1. The Balaban J connectivity index is 1.40. The molecule has 0 saturated carbocycles.